The SMILES string of the molecule is CN(C)S(=O)(=O)N1CCCC1c1nnc(-c2ccncc2)o1. The highest BCUT2D eigenvalue weighted by Crippen LogP contribution is 2.35. The normalized spacial score (nSPS) is 19.9. The third-order valence-electron chi connectivity index (χ3n) is 3.61. The van der Waals surface area contributed by atoms with E-state index in [1.807, 2.05) is 0 Å². The van der Waals surface area contributed by atoms with Crippen LogP contribution in [0, 0.1) is 0 Å². The summed E-state index contributed by atoms with van der Waals surface area (Å²) in [7, 11) is -0.471. The van der Waals surface area contributed by atoms with Crippen LogP contribution in [0.25, 0.3) is 11.5 Å². The molecule has 0 aliphatic carbocycles. The molecule has 9 heteroatoms. The molecule has 0 aromatic carbocycles. The van der Waals surface area contributed by atoms with Crippen LogP contribution in [0.3, 0.4) is 0 Å². The van der Waals surface area contributed by atoms with Crippen molar-refractivity contribution >= 4 is 10.2 Å². The van der Waals surface area contributed by atoms with Crippen LogP contribution in [0.2, 0.25) is 0 Å². The Hall–Kier alpha value is -1.84. The molecule has 2 aromatic rings. The van der Waals surface area contributed by atoms with Crippen molar-refractivity contribution in [2.45, 2.75) is 18.9 Å². The van der Waals surface area contributed by atoms with Crippen LogP contribution < -0.4 is 0 Å². The summed E-state index contributed by atoms with van der Waals surface area (Å²) in [5, 5.41) is 8.05. The molecule has 1 aliphatic heterocycles. The zero-order valence-electron chi connectivity index (χ0n) is 12.4. The van der Waals surface area contributed by atoms with Crippen molar-refractivity contribution in [3.63, 3.8) is 0 Å². The van der Waals surface area contributed by atoms with E-state index in [4.69, 9.17) is 4.42 Å². The number of aromatic nitrogens is 3. The second kappa shape index (κ2) is 5.75. The second-order valence-electron chi connectivity index (χ2n) is 5.24. The number of hydrogen-bond donors (Lipinski definition) is 0. The van der Waals surface area contributed by atoms with Gasteiger partial charge in [-0.2, -0.15) is 17.0 Å². The summed E-state index contributed by atoms with van der Waals surface area (Å²) in [6.07, 6.45) is 4.71. The predicted octanol–water partition coefficient (Wildman–Crippen LogP) is 1.07. The van der Waals surface area contributed by atoms with E-state index >= 15 is 0 Å². The molecule has 8 nitrogen and oxygen atoms in total. The molecule has 0 radical (unpaired) electrons. The zero-order chi connectivity index (χ0) is 15.7. The lowest BCUT2D eigenvalue weighted by Gasteiger charge is -2.24. The van der Waals surface area contributed by atoms with Gasteiger partial charge in [0, 0.05) is 38.6 Å². The van der Waals surface area contributed by atoms with E-state index < -0.39 is 16.3 Å². The van der Waals surface area contributed by atoms with Gasteiger partial charge in [-0.1, -0.05) is 0 Å². The Morgan fingerprint density at radius 3 is 2.68 bits per heavy atom. The molecular weight excluding hydrogens is 306 g/mol. The number of hydrogen-bond acceptors (Lipinski definition) is 6. The van der Waals surface area contributed by atoms with Crippen molar-refractivity contribution in [2.75, 3.05) is 20.6 Å². The third kappa shape index (κ3) is 2.62. The molecule has 1 unspecified atom stereocenters. The molecule has 3 heterocycles. The van der Waals surface area contributed by atoms with Gasteiger partial charge in [-0.15, -0.1) is 10.2 Å². The van der Waals surface area contributed by atoms with Gasteiger partial charge in [0.25, 0.3) is 10.2 Å². The second-order valence-corrected chi connectivity index (χ2v) is 7.34. The Balaban J connectivity index is 1.90. The van der Waals surface area contributed by atoms with Crippen molar-refractivity contribution < 1.29 is 12.8 Å². The van der Waals surface area contributed by atoms with Crippen molar-refractivity contribution in [1.29, 1.82) is 0 Å². The molecule has 1 aliphatic rings. The van der Waals surface area contributed by atoms with Gasteiger partial charge in [0.15, 0.2) is 0 Å². The molecule has 2 aromatic heterocycles. The Morgan fingerprint density at radius 1 is 1.27 bits per heavy atom. The van der Waals surface area contributed by atoms with Crippen LogP contribution in [0.4, 0.5) is 0 Å². The Labute approximate surface area is 129 Å². The summed E-state index contributed by atoms with van der Waals surface area (Å²) in [6, 6.07) is 3.12. The maximum atomic E-state index is 12.3. The van der Waals surface area contributed by atoms with Gasteiger partial charge in [0.2, 0.25) is 11.8 Å². The Kier molecular flexibility index (Phi) is 3.94. The molecule has 1 atom stereocenters. The van der Waals surface area contributed by atoms with E-state index in [1.54, 1.807) is 24.5 Å². The van der Waals surface area contributed by atoms with Gasteiger partial charge in [-0.05, 0) is 25.0 Å². The van der Waals surface area contributed by atoms with Crippen molar-refractivity contribution in [3.05, 3.63) is 30.4 Å². The van der Waals surface area contributed by atoms with Crippen molar-refractivity contribution in [3.8, 4) is 11.5 Å². The van der Waals surface area contributed by atoms with Crippen LogP contribution >= 0.6 is 0 Å². The van der Waals surface area contributed by atoms with Gasteiger partial charge in [0.05, 0.1) is 0 Å². The first-order chi connectivity index (χ1) is 10.5. The summed E-state index contributed by atoms with van der Waals surface area (Å²) in [6.45, 7) is 0.456. The number of rotatable bonds is 4. The highest BCUT2D eigenvalue weighted by Gasteiger charge is 2.39. The van der Waals surface area contributed by atoms with E-state index in [1.165, 1.54) is 22.7 Å². The molecule has 0 N–H and O–H groups in total. The molecule has 1 fully saturated rings. The zero-order valence-corrected chi connectivity index (χ0v) is 13.2. The van der Waals surface area contributed by atoms with E-state index in [0.717, 1.165) is 12.0 Å². The predicted molar refractivity (Wildman–Crippen MR) is 78.8 cm³/mol. The van der Waals surface area contributed by atoms with Gasteiger partial charge < -0.3 is 4.42 Å². The summed E-state index contributed by atoms with van der Waals surface area (Å²) in [5.41, 5.74) is 0.758. The molecule has 0 amide bonds. The first-order valence-electron chi connectivity index (χ1n) is 6.93. The molecule has 22 heavy (non-hydrogen) atoms. The molecule has 118 valence electrons. The van der Waals surface area contributed by atoms with Crippen LogP contribution in [0.5, 0.6) is 0 Å². The lowest BCUT2D eigenvalue weighted by molar-refractivity contribution is 0.314. The maximum absolute atomic E-state index is 12.3. The first kappa shape index (κ1) is 15.1. The average Bonchev–Trinajstić information content (AvgIpc) is 3.17. The third-order valence-corrected chi connectivity index (χ3v) is 5.57. The first-order valence-corrected chi connectivity index (χ1v) is 8.33. The molecule has 0 spiro atoms. The summed E-state index contributed by atoms with van der Waals surface area (Å²) in [5.74, 6) is 0.696. The van der Waals surface area contributed by atoms with E-state index in [2.05, 4.69) is 15.2 Å². The van der Waals surface area contributed by atoms with E-state index in [0.29, 0.717) is 24.7 Å². The number of pyridine rings is 1. The largest absolute Gasteiger partial charge is 0.419 e. The van der Waals surface area contributed by atoms with Gasteiger partial charge in [0.1, 0.15) is 6.04 Å². The number of nitrogens with zero attached hydrogens (tertiary/aromatic N) is 5. The van der Waals surface area contributed by atoms with Gasteiger partial charge in [-0.3, -0.25) is 4.98 Å². The highest BCUT2D eigenvalue weighted by atomic mass is 32.2. The summed E-state index contributed by atoms with van der Waals surface area (Å²) in [4.78, 5) is 3.94. The minimum absolute atomic E-state index is 0.328. The van der Waals surface area contributed by atoms with Crippen LogP contribution in [0.1, 0.15) is 24.8 Å². The monoisotopic (exact) mass is 323 g/mol. The molecule has 0 bridgehead atoms. The molecule has 0 saturated carbocycles. The smallest absolute Gasteiger partial charge is 0.282 e. The average molecular weight is 323 g/mol. The standard InChI is InChI=1S/C13H17N5O3S/c1-17(2)22(19,20)18-9-3-4-11(18)13-16-15-12(21-13)10-5-7-14-8-6-10/h5-8,11H,3-4,9H2,1-2H3. The lowest BCUT2D eigenvalue weighted by atomic mass is 10.2. The van der Waals surface area contributed by atoms with Crippen molar-refractivity contribution in [1.82, 2.24) is 23.8 Å². The summed E-state index contributed by atoms with van der Waals surface area (Å²) >= 11 is 0. The fraction of sp³-hybridized carbons (Fsp3) is 0.462. The van der Waals surface area contributed by atoms with Gasteiger partial charge >= 0.3 is 0 Å². The molecular formula is C13H17N5O3S. The topological polar surface area (TPSA) is 92.4 Å². The van der Waals surface area contributed by atoms with E-state index in [9.17, 15) is 8.42 Å². The fourth-order valence-corrected chi connectivity index (χ4v) is 3.75. The summed E-state index contributed by atoms with van der Waals surface area (Å²) < 4.78 is 33.0. The fourth-order valence-electron chi connectivity index (χ4n) is 2.45. The van der Waals surface area contributed by atoms with E-state index in [-0.39, 0.29) is 0 Å². The maximum Gasteiger partial charge on any atom is 0.282 e. The highest BCUT2D eigenvalue weighted by molar-refractivity contribution is 7.86. The Morgan fingerprint density at radius 2 is 2.00 bits per heavy atom. The lowest BCUT2D eigenvalue weighted by Crippen LogP contribution is -2.39. The van der Waals surface area contributed by atoms with Gasteiger partial charge in [-0.25, -0.2) is 0 Å². The quantitative estimate of drug-likeness (QED) is 0.836. The Bertz CT molecular complexity index is 744. The van der Waals surface area contributed by atoms with Crippen LogP contribution in [0.15, 0.2) is 28.9 Å². The van der Waals surface area contributed by atoms with Crippen LogP contribution in [-0.2, 0) is 10.2 Å². The van der Waals surface area contributed by atoms with Crippen molar-refractivity contribution in [2.24, 2.45) is 0 Å². The minimum Gasteiger partial charge on any atom is -0.419 e. The molecule has 1 saturated heterocycles. The minimum atomic E-state index is -3.50. The molecule has 3 rings (SSSR count). The van der Waals surface area contributed by atoms with Crippen LogP contribution in [-0.4, -0.2) is 52.8 Å².